The van der Waals surface area contributed by atoms with Gasteiger partial charge in [0, 0.05) is 18.2 Å². The third-order valence-electron chi connectivity index (χ3n) is 3.48. The highest BCUT2D eigenvalue weighted by atomic mass is 19.1. The molecule has 1 aromatic carbocycles. The van der Waals surface area contributed by atoms with Crippen molar-refractivity contribution in [3.63, 3.8) is 0 Å². The standard InChI is InChI=1S/C14H17FN2/c1-10-5-6-13(7-10)17-9-12-4-2-3-11(8-16)14(12)15/h2-4,10,13,17H,5-7,9H2,1H3. The summed E-state index contributed by atoms with van der Waals surface area (Å²) in [5, 5.41) is 12.1. The van der Waals surface area contributed by atoms with Crippen molar-refractivity contribution >= 4 is 0 Å². The van der Waals surface area contributed by atoms with Crippen LogP contribution in [-0.4, -0.2) is 6.04 Å². The van der Waals surface area contributed by atoms with Crippen LogP contribution in [0.15, 0.2) is 18.2 Å². The van der Waals surface area contributed by atoms with Crippen molar-refractivity contribution < 1.29 is 4.39 Å². The van der Waals surface area contributed by atoms with Gasteiger partial charge in [-0.25, -0.2) is 4.39 Å². The van der Waals surface area contributed by atoms with Gasteiger partial charge in [-0.3, -0.25) is 0 Å². The van der Waals surface area contributed by atoms with E-state index < -0.39 is 0 Å². The zero-order valence-electron chi connectivity index (χ0n) is 10.0. The molecule has 2 nitrogen and oxygen atoms in total. The lowest BCUT2D eigenvalue weighted by Crippen LogP contribution is -2.26. The Bertz CT molecular complexity index is 436. The molecular weight excluding hydrogens is 215 g/mol. The molecule has 0 radical (unpaired) electrons. The Hall–Kier alpha value is -1.40. The van der Waals surface area contributed by atoms with Crippen molar-refractivity contribution in [1.29, 1.82) is 5.26 Å². The van der Waals surface area contributed by atoms with Crippen LogP contribution in [0.2, 0.25) is 0 Å². The van der Waals surface area contributed by atoms with E-state index in [0.29, 0.717) is 18.2 Å². The van der Waals surface area contributed by atoms with Gasteiger partial charge in [-0.1, -0.05) is 19.1 Å². The summed E-state index contributed by atoms with van der Waals surface area (Å²) in [5.74, 6) is 0.385. The fourth-order valence-corrected chi connectivity index (χ4v) is 2.45. The molecule has 2 unspecified atom stereocenters. The third-order valence-corrected chi connectivity index (χ3v) is 3.48. The quantitative estimate of drug-likeness (QED) is 0.869. The number of nitrogens with zero attached hydrogens (tertiary/aromatic N) is 1. The summed E-state index contributed by atoms with van der Waals surface area (Å²) in [6.45, 7) is 2.76. The molecule has 2 atom stereocenters. The van der Waals surface area contributed by atoms with Crippen LogP contribution in [0, 0.1) is 23.1 Å². The van der Waals surface area contributed by atoms with E-state index in [-0.39, 0.29) is 11.4 Å². The minimum Gasteiger partial charge on any atom is -0.310 e. The molecule has 1 N–H and O–H groups in total. The van der Waals surface area contributed by atoms with E-state index in [1.807, 2.05) is 6.07 Å². The monoisotopic (exact) mass is 232 g/mol. The summed E-state index contributed by atoms with van der Waals surface area (Å²) in [6.07, 6.45) is 3.58. The van der Waals surface area contributed by atoms with Gasteiger partial charge >= 0.3 is 0 Å². The van der Waals surface area contributed by atoms with Crippen LogP contribution in [0.25, 0.3) is 0 Å². The molecule has 0 aromatic heterocycles. The summed E-state index contributed by atoms with van der Waals surface area (Å²) in [5.41, 5.74) is 0.715. The van der Waals surface area contributed by atoms with Crippen molar-refractivity contribution in [1.82, 2.24) is 5.32 Å². The number of hydrogen-bond acceptors (Lipinski definition) is 2. The van der Waals surface area contributed by atoms with Crippen molar-refractivity contribution in [2.24, 2.45) is 5.92 Å². The smallest absolute Gasteiger partial charge is 0.145 e. The van der Waals surface area contributed by atoms with Crippen molar-refractivity contribution in [2.45, 2.75) is 38.8 Å². The Morgan fingerprint density at radius 3 is 2.94 bits per heavy atom. The lowest BCUT2D eigenvalue weighted by atomic mass is 10.1. The highest BCUT2D eigenvalue weighted by Crippen LogP contribution is 2.25. The van der Waals surface area contributed by atoms with E-state index in [0.717, 1.165) is 5.92 Å². The highest BCUT2D eigenvalue weighted by molar-refractivity contribution is 5.34. The molecule has 0 heterocycles. The van der Waals surface area contributed by atoms with Crippen molar-refractivity contribution in [2.75, 3.05) is 0 Å². The van der Waals surface area contributed by atoms with Crippen molar-refractivity contribution in [3.05, 3.63) is 35.1 Å². The average molecular weight is 232 g/mol. The van der Waals surface area contributed by atoms with Crippen LogP contribution in [-0.2, 0) is 6.54 Å². The normalized spacial score (nSPS) is 23.6. The maximum Gasteiger partial charge on any atom is 0.145 e. The molecule has 1 aromatic rings. The first-order valence-electron chi connectivity index (χ1n) is 6.11. The molecule has 1 saturated carbocycles. The van der Waals surface area contributed by atoms with Crippen LogP contribution < -0.4 is 5.32 Å². The SMILES string of the molecule is CC1CCC(NCc2cccc(C#N)c2F)C1. The van der Waals surface area contributed by atoms with Crippen LogP contribution in [0.4, 0.5) is 4.39 Å². The van der Waals surface area contributed by atoms with Gasteiger partial charge in [-0.05, 0) is 31.2 Å². The predicted molar refractivity (Wildman–Crippen MR) is 64.8 cm³/mol. The van der Waals surface area contributed by atoms with Gasteiger partial charge in [0.25, 0.3) is 0 Å². The number of rotatable bonds is 3. The zero-order valence-corrected chi connectivity index (χ0v) is 10.0. The van der Waals surface area contributed by atoms with E-state index in [4.69, 9.17) is 5.26 Å². The van der Waals surface area contributed by atoms with Gasteiger partial charge in [-0.2, -0.15) is 5.26 Å². The van der Waals surface area contributed by atoms with Crippen LogP contribution >= 0.6 is 0 Å². The van der Waals surface area contributed by atoms with Gasteiger partial charge < -0.3 is 5.32 Å². The summed E-state index contributed by atoms with van der Waals surface area (Å²) >= 11 is 0. The molecule has 0 amide bonds. The molecule has 17 heavy (non-hydrogen) atoms. The Balaban J connectivity index is 1.98. The Labute approximate surface area is 101 Å². The third kappa shape index (κ3) is 2.83. The second-order valence-corrected chi connectivity index (χ2v) is 4.89. The number of halogens is 1. The number of benzene rings is 1. The number of nitriles is 1. The minimum atomic E-state index is -0.381. The van der Waals surface area contributed by atoms with Crippen molar-refractivity contribution in [3.8, 4) is 6.07 Å². The summed E-state index contributed by atoms with van der Waals surface area (Å²) < 4.78 is 13.8. The van der Waals surface area contributed by atoms with Gasteiger partial charge in [0.05, 0.1) is 5.56 Å². The van der Waals surface area contributed by atoms with Crippen LogP contribution in [0.1, 0.15) is 37.3 Å². The first kappa shape index (κ1) is 12.1. The molecule has 90 valence electrons. The lowest BCUT2D eigenvalue weighted by molar-refractivity contribution is 0.491. The Morgan fingerprint density at radius 2 is 2.29 bits per heavy atom. The Morgan fingerprint density at radius 1 is 1.47 bits per heavy atom. The minimum absolute atomic E-state index is 0.129. The van der Waals surface area contributed by atoms with E-state index in [2.05, 4.69) is 12.2 Å². The van der Waals surface area contributed by atoms with E-state index in [1.165, 1.54) is 25.3 Å². The van der Waals surface area contributed by atoms with Gasteiger partial charge in [0.15, 0.2) is 0 Å². The fourth-order valence-electron chi connectivity index (χ4n) is 2.45. The van der Waals surface area contributed by atoms with E-state index in [9.17, 15) is 4.39 Å². The number of nitrogens with one attached hydrogen (secondary N) is 1. The second-order valence-electron chi connectivity index (χ2n) is 4.89. The molecule has 0 bridgehead atoms. The number of hydrogen-bond donors (Lipinski definition) is 1. The summed E-state index contributed by atoms with van der Waals surface area (Å²) in [7, 11) is 0. The van der Waals surface area contributed by atoms with E-state index >= 15 is 0 Å². The lowest BCUT2D eigenvalue weighted by Gasteiger charge is -2.13. The average Bonchev–Trinajstić information content (AvgIpc) is 2.74. The maximum atomic E-state index is 13.8. The molecule has 2 rings (SSSR count). The maximum absolute atomic E-state index is 13.8. The van der Waals surface area contributed by atoms with Crippen LogP contribution in [0.3, 0.4) is 0 Å². The largest absolute Gasteiger partial charge is 0.310 e. The fraction of sp³-hybridized carbons (Fsp3) is 0.500. The topological polar surface area (TPSA) is 35.8 Å². The van der Waals surface area contributed by atoms with Gasteiger partial charge in [0.1, 0.15) is 11.9 Å². The molecule has 0 aliphatic heterocycles. The molecular formula is C14H17FN2. The second kappa shape index (κ2) is 5.29. The molecule has 0 spiro atoms. The predicted octanol–water partition coefficient (Wildman–Crippen LogP) is 2.98. The van der Waals surface area contributed by atoms with Crippen LogP contribution in [0.5, 0.6) is 0 Å². The summed E-state index contributed by atoms with van der Waals surface area (Å²) in [6, 6.07) is 7.34. The zero-order chi connectivity index (χ0) is 12.3. The molecule has 0 saturated heterocycles. The molecule has 1 aliphatic rings. The molecule has 3 heteroatoms. The van der Waals surface area contributed by atoms with E-state index in [1.54, 1.807) is 12.1 Å². The first-order valence-corrected chi connectivity index (χ1v) is 6.11. The Kier molecular flexibility index (Phi) is 3.75. The first-order chi connectivity index (χ1) is 8.20. The van der Waals surface area contributed by atoms with Gasteiger partial charge in [0.2, 0.25) is 0 Å². The molecule has 1 aliphatic carbocycles. The molecule has 1 fully saturated rings. The van der Waals surface area contributed by atoms with Gasteiger partial charge in [-0.15, -0.1) is 0 Å². The highest BCUT2D eigenvalue weighted by Gasteiger charge is 2.20. The summed E-state index contributed by atoms with van der Waals surface area (Å²) in [4.78, 5) is 0.